The summed E-state index contributed by atoms with van der Waals surface area (Å²) in [6, 6.07) is 11.6. The van der Waals surface area contributed by atoms with E-state index in [9.17, 15) is 19.5 Å². The molecule has 1 fully saturated rings. The van der Waals surface area contributed by atoms with Crippen molar-refractivity contribution >= 4 is 29.1 Å². The monoisotopic (exact) mass is 706 g/mol. The van der Waals surface area contributed by atoms with Gasteiger partial charge >= 0.3 is 0 Å². The molecule has 2 aliphatic heterocycles. The molecule has 3 atom stereocenters. The molecule has 11 nitrogen and oxygen atoms in total. The number of nitrogens with one attached hydrogen (secondary N) is 1. The molecule has 2 unspecified atom stereocenters. The topological polar surface area (TPSA) is 131 Å². The molecule has 50 heavy (non-hydrogen) atoms. The van der Waals surface area contributed by atoms with E-state index in [1.165, 1.54) is 4.90 Å². The second-order valence-electron chi connectivity index (χ2n) is 13.3. The second-order valence-corrected chi connectivity index (χ2v) is 14.1. The maximum absolute atomic E-state index is 14.1. The average Bonchev–Trinajstić information content (AvgIpc) is 3.81. The van der Waals surface area contributed by atoms with Crippen molar-refractivity contribution in [2.45, 2.75) is 84.7 Å². The molecule has 2 aliphatic rings. The molecule has 1 aromatic heterocycles. The highest BCUT2D eigenvalue weighted by atomic mass is 32.1. The number of nitrogens with zero attached hydrogens (tertiary/aromatic N) is 3. The van der Waals surface area contributed by atoms with E-state index in [0.29, 0.717) is 50.7 Å². The Morgan fingerprint density at radius 1 is 1.06 bits per heavy atom. The smallest absolute Gasteiger partial charge is 0.255 e. The Kier molecular flexibility index (Phi) is 13.4. The Morgan fingerprint density at radius 2 is 1.82 bits per heavy atom. The maximum Gasteiger partial charge on any atom is 0.255 e. The highest BCUT2D eigenvalue weighted by molar-refractivity contribution is 7.13. The van der Waals surface area contributed by atoms with Crippen LogP contribution >= 0.6 is 11.3 Å². The molecule has 12 heteroatoms. The van der Waals surface area contributed by atoms with Gasteiger partial charge in [-0.05, 0) is 42.5 Å². The number of carbonyl (C=O) groups excluding carboxylic acids is 3. The Bertz CT molecular complexity index is 1610. The van der Waals surface area contributed by atoms with Crippen LogP contribution in [0.3, 0.4) is 0 Å². The molecule has 0 spiro atoms. The van der Waals surface area contributed by atoms with E-state index in [1.54, 1.807) is 22.3 Å². The first-order valence-corrected chi connectivity index (χ1v) is 18.5. The van der Waals surface area contributed by atoms with E-state index >= 15 is 0 Å². The third kappa shape index (κ3) is 9.08. The number of amides is 3. The van der Waals surface area contributed by atoms with Gasteiger partial charge in [-0.2, -0.15) is 0 Å². The largest absolute Gasteiger partial charge is 0.493 e. The standard InChI is InChI=1S/C38H50N4O7S/c1-5-6-14-47-17-18-48-15-9-16-49-33-19-27(35-26(4)40-24-50-35)12-13-28(33)21-39-36(44)32-20-30(43)23-41(32)38(46)34(25(2)3)42-22-29-10-7-8-11-31(29)37(42)45/h7-8,10-13,19,24-25,30,32,34,43H,5-6,9,14-18,20-23H2,1-4H3,(H,39,44)/t30-,32?,34?/m1/s1. The van der Waals surface area contributed by atoms with Gasteiger partial charge in [0, 0.05) is 56.8 Å². The lowest BCUT2D eigenvalue weighted by Gasteiger charge is -2.35. The van der Waals surface area contributed by atoms with Gasteiger partial charge in [-0.1, -0.05) is 57.5 Å². The van der Waals surface area contributed by atoms with Crippen molar-refractivity contribution in [3.8, 4) is 16.2 Å². The molecule has 0 radical (unpaired) electrons. The normalized spacial score (nSPS) is 17.8. The summed E-state index contributed by atoms with van der Waals surface area (Å²) in [7, 11) is 0. The molecule has 0 saturated carbocycles. The number of unbranched alkanes of at least 4 members (excludes halogenated alkanes) is 1. The fraction of sp³-hybridized carbons (Fsp3) is 0.526. The molecule has 0 bridgehead atoms. The first-order chi connectivity index (χ1) is 24.2. The number of thiazole rings is 1. The van der Waals surface area contributed by atoms with Crippen LogP contribution in [0.25, 0.3) is 10.4 Å². The Morgan fingerprint density at radius 3 is 2.52 bits per heavy atom. The van der Waals surface area contributed by atoms with Gasteiger partial charge in [-0.15, -0.1) is 11.3 Å². The fourth-order valence-corrected chi connectivity index (χ4v) is 7.33. The van der Waals surface area contributed by atoms with Crippen LogP contribution in [0.5, 0.6) is 5.75 Å². The van der Waals surface area contributed by atoms with Crippen molar-refractivity contribution in [2.24, 2.45) is 5.92 Å². The molecule has 1 saturated heterocycles. The SMILES string of the molecule is CCCCOCCOCCCOc1cc(-c2scnc2C)ccc1CNC(=O)C1C[C@@H](O)CN1C(=O)C(C(C)C)N1Cc2ccccc2C1=O. The van der Waals surface area contributed by atoms with Crippen LogP contribution in [0.2, 0.25) is 0 Å². The van der Waals surface area contributed by atoms with Crippen molar-refractivity contribution in [2.75, 3.05) is 39.6 Å². The van der Waals surface area contributed by atoms with E-state index in [0.717, 1.165) is 46.7 Å². The molecule has 2 N–H and O–H groups in total. The molecule has 2 aromatic carbocycles. The summed E-state index contributed by atoms with van der Waals surface area (Å²) in [4.78, 5) is 49.6. The van der Waals surface area contributed by atoms with E-state index in [-0.39, 0.29) is 43.1 Å². The lowest BCUT2D eigenvalue weighted by molar-refractivity contribution is -0.143. The van der Waals surface area contributed by atoms with Gasteiger partial charge in [0.2, 0.25) is 11.8 Å². The number of β-amino-alcohol motifs (C(OH)–C–C–N with tert-alkyl or cyclic N) is 1. The Balaban J connectivity index is 1.23. The molecule has 270 valence electrons. The zero-order chi connectivity index (χ0) is 35.6. The number of rotatable bonds is 18. The lowest BCUT2D eigenvalue weighted by Crippen LogP contribution is -2.55. The minimum atomic E-state index is -0.870. The number of ether oxygens (including phenoxy) is 3. The number of aryl methyl sites for hydroxylation is 1. The maximum atomic E-state index is 14.1. The summed E-state index contributed by atoms with van der Waals surface area (Å²) >= 11 is 1.56. The Labute approximate surface area is 298 Å². The van der Waals surface area contributed by atoms with E-state index in [4.69, 9.17) is 14.2 Å². The summed E-state index contributed by atoms with van der Waals surface area (Å²) in [5.41, 5.74) is 5.97. The van der Waals surface area contributed by atoms with Gasteiger partial charge in [0.1, 0.15) is 17.8 Å². The average molecular weight is 707 g/mol. The van der Waals surface area contributed by atoms with Crippen LogP contribution in [-0.4, -0.2) is 95.4 Å². The number of hydrogen-bond acceptors (Lipinski definition) is 9. The van der Waals surface area contributed by atoms with E-state index < -0.39 is 18.2 Å². The minimum absolute atomic E-state index is 0.0271. The molecule has 3 amide bonds. The molecule has 0 aliphatic carbocycles. The first-order valence-electron chi connectivity index (χ1n) is 17.7. The quantitative estimate of drug-likeness (QED) is 0.177. The number of benzene rings is 2. The zero-order valence-corrected chi connectivity index (χ0v) is 30.4. The van der Waals surface area contributed by atoms with Crippen LogP contribution in [0.4, 0.5) is 0 Å². The summed E-state index contributed by atoms with van der Waals surface area (Å²) in [6.07, 6.45) is 2.10. The summed E-state index contributed by atoms with van der Waals surface area (Å²) in [5.74, 6) is -0.449. The summed E-state index contributed by atoms with van der Waals surface area (Å²) in [5, 5.41) is 13.6. The number of aromatic nitrogens is 1. The van der Waals surface area contributed by atoms with Crippen LogP contribution in [0.15, 0.2) is 48.0 Å². The minimum Gasteiger partial charge on any atom is -0.493 e. The number of aliphatic hydroxyl groups is 1. The van der Waals surface area contributed by atoms with Gasteiger partial charge < -0.3 is 34.4 Å². The molecule has 3 aromatic rings. The third-order valence-electron chi connectivity index (χ3n) is 9.17. The van der Waals surface area contributed by atoms with Crippen LogP contribution in [0.1, 0.15) is 73.6 Å². The summed E-state index contributed by atoms with van der Waals surface area (Å²) < 4.78 is 17.5. The van der Waals surface area contributed by atoms with Gasteiger partial charge in [0.15, 0.2) is 0 Å². The summed E-state index contributed by atoms with van der Waals surface area (Å²) in [6.45, 7) is 11.2. The second kappa shape index (κ2) is 17.9. The Hall–Kier alpha value is -3.84. The number of aliphatic hydroxyl groups excluding tert-OH is 1. The van der Waals surface area contributed by atoms with Gasteiger partial charge in [-0.3, -0.25) is 14.4 Å². The van der Waals surface area contributed by atoms with Gasteiger partial charge in [-0.25, -0.2) is 4.98 Å². The highest BCUT2D eigenvalue weighted by Gasteiger charge is 2.45. The van der Waals surface area contributed by atoms with Crippen LogP contribution in [-0.2, 0) is 32.2 Å². The van der Waals surface area contributed by atoms with Crippen molar-refractivity contribution in [3.05, 3.63) is 70.4 Å². The predicted octanol–water partition coefficient (Wildman–Crippen LogP) is 4.98. The fourth-order valence-electron chi connectivity index (χ4n) is 6.52. The van der Waals surface area contributed by atoms with E-state index in [2.05, 4.69) is 17.2 Å². The van der Waals surface area contributed by atoms with Crippen LogP contribution < -0.4 is 10.1 Å². The van der Waals surface area contributed by atoms with Crippen molar-refractivity contribution in [1.82, 2.24) is 20.1 Å². The lowest BCUT2D eigenvalue weighted by atomic mass is 10.0. The molecular formula is C38H50N4O7S. The van der Waals surface area contributed by atoms with Crippen molar-refractivity contribution in [1.29, 1.82) is 0 Å². The van der Waals surface area contributed by atoms with Gasteiger partial charge in [0.25, 0.3) is 5.91 Å². The van der Waals surface area contributed by atoms with E-state index in [1.807, 2.05) is 62.7 Å². The van der Waals surface area contributed by atoms with Gasteiger partial charge in [0.05, 0.1) is 42.0 Å². The predicted molar refractivity (Wildman–Crippen MR) is 192 cm³/mol. The molecular weight excluding hydrogens is 657 g/mol. The first kappa shape index (κ1) is 37.4. The zero-order valence-electron chi connectivity index (χ0n) is 29.6. The highest BCUT2D eigenvalue weighted by Crippen LogP contribution is 2.33. The molecule has 3 heterocycles. The van der Waals surface area contributed by atoms with Crippen molar-refractivity contribution < 1.29 is 33.7 Å². The third-order valence-corrected chi connectivity index (χ3v) is 10.1. The van der Waals surface area contributed by atoms with Crippen molar-refractivity contribution in [3.63, 3.8) is 0 Å². The number of carbonyl (C=O) groups is 3. The van der Waals surface area contributed by atoms with Crippen LogP contribution in [0, 0.1) is 12.8 Å². The number of hydrogen-bond donors (Lipinski definition) is 2. The number of fused-ring (bicyclic) bond motifs is 1. The number of likely N-dealkylation sites (tertiary alicyclic amines) is 1. The molecule has 5 rings (SSSR count).